The molecular formula is H3PSiVZr. The standard InChI is InChI=1S/H3P.Si.V.Zr/h1H3;;;. The monoisotopic (exact) mass is 203 g/mol. The Bertz CT molecular complexity index is 8.00. The zero-order chi connectivity index (χ0) is 0. The largest absolute Gasteiger partial charge is 0.153 e. The molecule has 0 aromatic carbocycles. The first-order valence-corrected chi connectivity index (χ1v) is 0. The molecule has 0 aliphatic carbocycles. The van der Waals surface area contributed by atoms with E-state index < -0.39 is 0 Å². The van der Waals surface area contributed by atoms with E-state index >= 15 is 0 Å². The van der Waals surface area contributed by atoms with Gasteiger partial charge in [-0.3, -0.25) is 0 Å². The van der Waals surface area contributed by atoms with Crippen LogP contribution in [-0.2, 0) is 44.8 Å². The second-order valence-electron chi connectivity index (χ2n) is 0. The van der Waals surface area contributed by atoms with Gasteiger partial charge in [-0.2, -0.15) is 9.90 Å². The van der Waals surface area contributed by atoms with Crippen molar-refractivity contribution in [3.63, 3.8) is 0 Å². The summed E-state index contributed by atoms with van der Waals surface area (Å²) in [6.45, 7) is 0. The molecule has 0 rings (SSSR count). The Kier molecular flexibility index (Phi) is 173. The predicted molar refractivity (Wildman–Crippen MR) is 16.9 cm³/mol. The van der Waals surface area contributed by atoms with E-state index in [1.54, 1.807) is 0 Å². The van der Waals surface area contributed by atoms with E-state index in [9.17, 15) is 0 Å². The van der Waals surface area contributed by atoms with Crippen LogP contribution in [0.4, 0.5) is 0 Å². The first kappa shape index (κ1) is 35.8. The van der Waals surface area contributed by atoms with E-state index in [-0.39, 0.29) is 65.6 Å². The maximum Gasteiger partial charge on any atom is 0 e. The Morgan fingerprint density at radius 3 is 1.00 bits per heavy atom. The fourth-order valence-electron chi connectivity index (χ4n) is 0. The van der Waals surface area contributed by atoms with Crippen LogP contribution >= 0.6 is 9.90 Å². The minimum Gasteiger partial charge on any atom is -0.153 e. The summed E-state index contributed by atoms with van der Waals surface area (Å²) in [5.41, 5.74) is 0. The number of rotatable bonds is 0. The molecule has 0 aliphatic rings. The van der Waals surface area contributed by atoms with Crippen molar-refractivity contribution in [1.29, 1.82) is 0 Å². The van der Waals surface area contributed by atoms with Crippen molar-refractivity contribution in [3.8, 4) is 0 Å². The summed E-state index contributed by atoms with van der Waals surface area (Å²) in [6, 6.07) is 0. The van der Waals surface area contributed by atoms with Gasteiger partial charge in [0.25, 0.3) is 0 Å². The minimum atomic E-state index is 0. The molecule has 0 aromatic rings. The van der Waals surface area contributed by atoms with Crippen molar-refractivity contribution in [2.75, 3.05) is 0 Å². The van der Waals surface area contributed by atoms with Gasteiger partial charge in [0.1, 0.15) is 0 Å². The van der Waals surface area contributed by atoms with Gasteiger partial charge in [-0.05, 0) is 0 Å². The van der Waals surface area contributed by atoms with E-state index in [1.165, 1.54) is 0 Å². The van der Waals surface area contributed by atoms with Crippen LogP contribution < -0.4 is 0 Å². The van der Waals surface area contributed by atoms with Crippen LogP contribution in [-0.4, -0.2) is 11.0 Å². The Morgan fingerprint density at radius 1 is 1.00 bits per heavy atom. The van der Waals surface area contributed by atoms with Gasteiger partial charge in [0.15, 0.2) is 0 Å². The molecule has 0 nitrogen and oxygen atoms in total. The van der Waals surface area contributed by atoms with Crippen molar-refractivity contribution in [2.24, 2.45) is 0 Å². The van der Waals surface area contributed by atoms with Crippen LogP contribution in [0.1, 0.15) is 0 Å². The molecule has 1 atom stereocenters. The molecule has 0 spiro atoms. The van der Waals surface area contributed by atoms with E-state index in [4.69, 9.17) is 0 Å². The SMILES string of the molecule is P.[Si].[V].[Zr]. The van der Waals surface area contributed by atoms with Crippen molar-refractivity contribution < 1.29 is 44.8 Å². The zero-order valence-electron chi connectivity index (χ0n) is 2.15. The third kappa shape index (κ3) is 8.93. The van der Waals surface area contributed by atoms with Crippen LogP contribution in [0.3, 0.4) is 0 Å². The third-order valence-corrected chi connectivity index (χ3v) is 0. The fraction of sp³-hybridized carbons (Fsp3) is 0. The first-order chi connectivity index (χ1) is 0. The molecule has 0 saturated carbocycles. The Labute approximate surface area is 65.1 Å². The second-order valence-corrected chi connectivity index (χ2v) is 0. The van der Waals surface area contributed by atoms with Crippen LogP contribution in [0.2, 0.25) is 0 Å². The van der Waals surface area contributed by atoms with Crippen molar-refractivity contribution in [2.45, 2.75) is 0 Å². The van der Waals surface area contributed by atoms with Crippen molar-refractivity contribution >= 4 is 20.9 Å². The van der Waals surface area contributed by atoms with Gasteiger partial charge in [-0.1, -0.05) is 0 Å². The third-order valence-electron chi connectivity index (χ3n) is 0. The van der Waals surface area contributed by atoms with Gasteiger partial charge in [0, 0.05) is 55.7 Å². The van der Waals surface area contributed by atoms with Crippen LogP contribution in [0.25, 0.3) is 0 Å². The molecule has 5 radical (unpaired) electrons. The number of hydrogen-bond acceptors (Lipinski definition) is 0. The summed E-state index contributed by atoms with van der Waals surface area (Å²) in [5.74, 6) is 0. The quantitative estimate of drug-likeness (QED) is 0.374. The second kappa shape index (κ2) is 19.4. The van der Waals surface area contributed by atoms with E-state index in [0.717, 1.165) is 0 Å². The van der Waals surface area contributed by atoms with Gasteiger partial charge in [0.05, 0.1) is 0 Å². The van der Waals surface area contributed by atoms with Crippen LogP contribution in [0, 0.1) is 0 Å². The molecular weight excluding hydrogens is 201 g/mol. The smallest absolute Gasteiger partial charge is 0 e. The van der Waals surface area contributed by atoms with Gasteiger partial charge < -0.3 is 0 Å². The van der Waals surface area contributed by atoms with Gasteiger partial charge in [-0.25, -0.2) is 0 Å². The molecule has 0 aliphatic heterocycles. The fourth-order valence-corrected chi connectivity index (χ4v) is 0. The summed E-state index contributed by atoms with van der Waals surface area (Å²) in [5, 5.41) is 0. The zero-order valence-corrected chi connectivity index (χ0v) is 8.42. The predicted octanol–water partition coefficient (Wildman–Crippen LogP) is -0.328. The molecule has 0 bridgehead atoms. The first-order valence-electron chi connectivity index (χ1n) is 0. The van der Waals surface area contributed by atoms with E-state index in [2.05, 4.69) is 0 Å². The molecule has 0 N–H and O–H groups in total. The van der Waals surface area contributed by atoms with Crippen LogP contribution in [0.5, 0.6) is 0 Å². The summed E-state index contributed by atoms with van der Waals surface area (Å²) >= 11 is 0. The Hall–Kier alpha value is 2.11. The van der Waals surface area contributed by atoms with Gasteiger partial charge in [0.2, 0.25) is 0 Å². The molecule has 21 valence electrons. The molecule has 0 aromatic heterocycles. The maximum atomic E-state index is 0. The van der Waals surface area contributed by atoms with Gasteiger partial charge >= 0.3 is 0 Å². The molecule has 4 heteroatoms. The Balaban J connectivity index is 0. The molecule has 0 amide bonds. The van der Waals surface area contributed by atoms with E-state index in [0.29, 0.717) is 0 Å². The Morgan fingerprint density at radius 2 is 1.00 bits per heavy atom. The summed E-state index contributed by atoms with van der Waals surface area (Å²) in [7, 11) is 0. The molecule has 0 saturated heterocycles. The average Bonchev–Trinajstić information content (AvgIpc) is 0. The minimum absolute atomic E-state index is 0. The van der Waals surface area contributed by atoms with Gasteiger partial charge in [-0.15, -0.1) is 0 Å². The molecule has 0 fully saturated rings. The van der Waals surface area contributed by atoms with Crippen molar-refractivity contribution in [3.05, 3.63) is 0 Å². The average molecular weight is 204 g/mol. The van der Waals surface area contributed by atoms with E-state index in [1.807, 2.05) is 0 Å². The summed E-state index contributed by atoms with van der Waals surface area (Å²) in [6.07, 6.45) is 0. The van der Waals surface area contributed by atoms with Crippen LogP contribution in [0.15, 0.2) is 0 Å². The normalized spacial score (nSPS) is 0. The van der Waals surface area contributed by atoms with Crippen molar-refractivity contribution in [1.82, 2.24) is 0 Å². The summed E-state index contributed by atoms with van der Waals surface area (Å²) in [4.78, 5) is 0. The summed E-state index contributed by atoms with van der Waals surface area (Å²) < 4.78 is 0. The molecule has 0 heterocycles. The molecule has 1 unspecified atom stereocenters. The number of hydrogen-bond donors (Lipinski definition) is 0. The maximum absolute atomic E-state index is 0. The molecule has 4 heavy (non-hydrogen) atoms. The topological polar surface area (TPSA) is 0 Å².